The number of nitrogens with zero attached hydrogens (tertiary/aromatic N) is 3. The van der Waals surface area contributed by atoms with Crippen LogP contribution in [-0.4, -0.2) is 27.9 Å². The Morgan fingerprint density at radius 3 is 2.55 bits per heavy atom. The Kier molecular flexibility index (Phi) is 3.87. The molecule has 7 nitrogen and oxygen atoms in total. The molecule has 2 aromatic rings. The van der Waals surface area contributed by atoms with Crippen LogP contribution in [0.25, 0.3) is 0 Å². The lowest BCUT2D eigenvalue weighted by Gasteiger charge is -2.10. The average molecular weight is 298 g/mol. The van der Waals surface area contributed by atoms with Gasteiger partial charge in [-0.1, -0.05) is 0 Å². The van der Waals surface area contributed by atoms with Gasteiger partial charge in [-0.25, -0.2) is 8.42 Å². The fraction of sp³-hybridized carbons (Fsp3) is 0.417. The molecule has 0 radical (unpaired) electrons. The fourth-order valence-electron chi connectivity index (χ4n) is 1.94. The van der Waals surface area contributed by atoms with Gasteiger partial charge in [-0.05, 0) is 19.9 Å². The molecule has 0 atom stereocenters. The van der Waals surface area contributed by atoms with Crippen LogP contribution in [-0.2, 0) is 23.7 Å². The van der Waals surface area contributed by atoms with E-state index in [1.807, 2.05) is 13.8 Å². The average Bonchev–Trinajstić information content (AvgIpc) is 2.95. The molecule has 0 amide bonds. The Morgan fingerprint density at radius 1 is 1.40 bits per heavy atom. The lowest BCUT2D eigenvalue weighted by molar-refractivity contribution is 0.268. The van der Waals surface area contributed by atoms with Crippen molar-refractivity contribution < 1.29 is 13.5 Å². The summed E-state index contributed by atoms with van der Waals surface area (Å²) in [6, 6.07) is 1.54. The monoisotopic (exact) mass is 298 g/mol. The van der Waals surface area contributed by atoms with Crippen LogP contribution in [0.4, 0.5) is 5.69 Å². The van der Waals surface area contributed by atoms with Crippen molar-refractivity contribution in [1.29, 1.82) is 0 Å². The third kappa shape index (κ3) is 2.86. The number of hydrogen-bond acceptors (Lipinski definition) is 4. The number of aliphatic hydroxyl groups is 1. The highest BCUT2D eigenvalue weighted by atomic mass is 32.2. The lowest BCUT2D eigenvalue weighted by atomic mass is 10.3. The molecule has 8 heteroatoms. The molecule has 2 heterocycles. The number of nitrogens with one attached hydrogen (secondary N) is 1. The third-order valence-electron chi connectivity index (χ3n) is 2.89. The molecule has 2 N–H and O–H groups in total. The van der Waals surface area contributed by atoms with Crippen LogP contribution in [0.5, 0.6) is 0 Å². The van der Waals surface area contributed by atoms with E-state index in [9.17, 15) is 13.5 Å². The summed E-state index contributed by atoms with van der Waals surface area (Å²) in [4.78, 5) is 0.124. The summed E-state index contributed by atoms with van der Waals surface area (Å²) in [6.07, 6.45) is 4.53. The van der Waals surface area contributed by atoms with Gasteiger partial charge in [0.25, 0.3) is 10.0 Å². The second kappa shape index (κ2) is 5.29. The van der Waals surface area contributed by atoms with Crippen molar-refractivity contribution in [2.24, 2.45) is 7.05 Å². The SMILES string of the molecule is CC(C)n1cc(S(=O)(=O)Nc2cnn(C)c2)cc1CO. The van der Waals surface area contributed by atoms with Crippen molar-refractivity contribution in [2.45, 2.75) is 31.4 Å². The van der Waals surface area contributed by atoms with E-state index in [4.69, 9.17) is 0 Å². The molecule has 0 aliphatic carbocycles. The minimum absolute atomic E-state index is 0.0690. The Balaban J connectivity index is 2.34. The zero-order valence-corrected chi connectivity index (χ0v) is 12.4. The maximum atomic E-state index is 12.3. The van der Waals surface area contributed by atoms with Crippen LogP contribution in [0.3, 0.4) is 0 Å². The lowest BCUT2D eigenvalue weighted by Crippen LogP contribution is -2.12. The summed E-state index contributed by atoms with van der Waals surface area (Å²) in [6.45, 7) is 3.63. The number of rotatable bonds is 5. The minimum atomic E-state index is -3.68. The molecule has 20 heavy (non-hydrogen) atoms. The first-order valence-corrected chi connectivity index (χ1v) is 7.65. The highest BCUT2D eigenvalue weighted by Crippen LogP contribution is 2.21. The predicted molar refractivity (Wildman–Crippen MR) is 74.8 cm³/mol. The van der Waals surface area contributed by atoms with Gasteiger partial charge in [-0.3, -0.25) is 9.40 Å². The van der Waals surface area contributed by atoms with Gasteiger partial charge in [0, 0.05) is 31.2 Å². The van der Waals surface area contributed by atoms with Crippen molar-refractivity contribution in [2.75, 3.05) is 4.72 Å². The molecule has 0 saturated heterocycles. The van der Waals surface area contributed by atoms with E-state index in [0.717, 1.165) is 0 Å². The smallest absolute Gasteiger partial charge is 0.263 e. The number of aryl methyl sites for hydroxylation is 1. The standard InChI is InChI=1S/C12H18N4O3S/c1-9(2)16-7-12(4-11(16)8-17)20(18,19)14-10-5-13-15(3)6-10/h4-7,9,14,17H,8H2,1-3H3. The van der Waals surface area contributed by atoms with Gasteiger partial charge < -0.3 is 9.67 Å². The first-order valence-electron chi connectivity index (χ1n) is 6.16. The van der Waals surface area contributed by atoms with Gasteiger partial charge in [0.1, 0.15) is 4.90 Å². The minimum Gasteiger partial charge on any atom is -0.390 e. The summed E-state index contributed by atoms with van der Waals surface area (Å²) in [7, 11) is -1.98. The van der Waals surface area contributed by atoms with Crippen LogP contribution in [0, 0.1) is 0 Å². The van der Waals surface area contributed by atoms with Gasteiger partial charge >= 0.3 is 0 Å². The summed E-state index contributed by atoms with van der Waals surface area (Å²) in [5, 5.41) is 13.2. The Bertz CT molecular complexity index is 700. The molecule has 110 valence electrons. The van der Waals surface area contributed by atoms with E-state index in [2.05, 4.69) is 9.82 Å². The Hall–Kier alpha value is -1.80. The van der Waals surface area contributed by atoms with Gasteiger partial charge in [-0.15, -0.1) is 0 Å². The van der Waals surface area contributed by atoms with E-state index in [1.165, 1.54) is 23.1 Å². The molecule has 0 unspecified atom stereocenters. The highest BCUT2D eigenvalue weighted by Gasteiger charge is 2.19. The molecular weight excluding hydrogens is 280 g/mol. The van der Waals surface area contributed by atoms with Gasteiger partial charge in [0.2, 0.25) is 0 Å². The van der Waals surface area contributed by atoms with Gasteiger partial charge in [0.05, 0.1) is 18.5 Å². The quantitative estimate of drug-likeness (QED) is 0.865. The summed E-state index contributed by atoms with van der Waals surface area (Å²) in [5.74, 6) is 0. The summed E-state index contributed by atoms with van der Waals surface area (Å²) < 4.78 is 30.2. The van der Waals surface area contributed by atoms with Gasteiger partial charge in [-0.2, -0.15) is 5.10 Å². The van der Waals surface area contributed by atoms with Crippen LogP contribution >= 0.6 is 0 Å². The zero-order chi connectivity index (χ0) is 14.9. The molecule has 0 spiro atoms. The molecule has 2 aromatic heterocycles. The fourth-order valence-corrected chi connectivity index (χ4v) is 3.02. The van der Waals surface area contributed by atoms with Crippen molar-refractivity contribution in [3.05, 3.63) is 30.4 Å². The largest absolute Gasteiger partial charge is 0.390 e. The van der Waals surface area contributed by atoms with Crippen molar-refractivity contribution >= 4 is 15.7 Å². The van der Waals surface area contributed by atoms with E-state index in [-0.39, 0.29) is 17.5 Å². The maximum Gasteiger partial charge on any atom is 0.263 e. The normalized spacial score (nSPS) is 12.1. The van der Waals surface area contributed by atoms with Crippen molar-refractivity contribution in [1.82, 2.24) is 14.3 Å². The number of anilines is 1. The molecular formula is C12H18N4O3S. The van der Waals surface area contributed by atoms with E-state index >= 15 is 0 Å². The summed E-state index contributed by atoms with van der Waals surface area (Å²) in [5.41, 5.74) is 0.960. The zero-order valence-electron chi connectivity index (χ0n) is 11.6. The second-order valence-corrected chi connectivity index (χ2v) is 6.52. The molecule has 0 fully saturated rings. The molecule has 0 aliphatic heterocycles. The first-order chi connectivity index (χ1) is 9.33. The maximum absolute atomic E-state index is 12.3. The first kappa shape index (κ1) is 14.6. The summed E-state index contributed by atoms with van der Waals surface area (Å²) >= 11 is 0. The van der Waals surface area contributed by atoms with E-state index in [0.29, 0.717) is 11.4 Å². The molecule has 0 bridgehead atoms. The van der Waals surface area contributed by atoms with Crippen LogP contribution in [0.2, 0.25) is 0 Å². The third-order valence-corrected chi connectivity index (χ3v) is 4.24. The van der Waals surface area contributed by atoms with Crippen LogP contribution < -0.4 is 4.72 Å². The number of aromatic nitrogens is 3. The number of sulfonamides is 1. The molecule has 2 rings (SSSR count). The second-order valence-electron chi connectivity index (χ2n) is 4.83. The van der Waals surface area contributed by atoms with Crippen molar-refractivity contribution in [3.8, 4) is 0 Å². The highest BCUT2D eigenvalue weighted by molar-refractivity contribution is 7.92. The van der Waals surface area contributed by atoms with E-state index < -0.39 is 10.0 Å². The number of aliphatic hydroxyl groups excluding tert-OH is 1. The van der Waals surface area contributed by atoms with Crippen LogP contribution in [0.15, 0.2) is 29.6 Å². The number of hydrogen-bond donors (Lipinski definition) is 2. The van der Waals surface area contributed by atoms with Gasteiger partial charge in [0.15, 0.2) is 0 Å². The Labute approximate surface area is 117 Å². The molecule has 0 aromatic carbocycles. The molecule has 0 aliphatic rings. The van der Waals surface area contributed by atoms with Crippen LogP contribution in [0.1, 0.15) is 25.6 Å². The van der Waals surface area contributed by atoms with E-state index in [1.54, 1.807) is 17.8 Å². The Morgan fingerprint density at radius 2 is 2.10 bits per heavy atom. The topological polar surface area (TPSA) is 89.2 Å². The van der Waals surface area contributed by atoms with Crippen molar-refractivity contribution in [3.63, 3.8) is 0 Å². The predicted octanol–water partition coefficient (Wildman–Crippen LogP) is 1.10. The molecule has 0 saturated carbocycles.